The lowest BCUT2D eigenvalue weighted by Crippen LogP contribution is -2.26. The first-order valence-electron chi connectivity index (χ1n) is 9.43. The molecule has 0 aliphatic heterocycles. The predicted molar refractivity (Wildman–Crippen MR) is 109 cm³/mol. The van der Waals surface area contributed by atoms with Gasteiger partial charge in [-0.25, -0.2) is 9.37 Å². The molecule has 1 amide bonds. The molecule has 1 N–H and O–H groups in total. The predicted octanol–water partition coefficient (Wildman–Crippen LogP) is 5.51. The van der Waals surface area contributed by atoms with E-state index in [0.717, 1.165) is 6.20 Å². The van der Waals surface area contributed by atoms with Crippen molar-refractivity contribution in [2.24, 2.45) is 0 Å². The van der Waals surface area contributed by atoms with Gasteiger partial charge in [0, 0.05) is 30.4 Å². The first-order valence-corrected chi connectivity index (χ1v) is 9.43. The minimum Gasteiger partial charge on any atom is -0.439 e. The highest BCUT2D eigenvalue weighted by Gasteiger charge is 2.37. The van der Waals surface area contributed by atoms with E-state index in [1.807, 2.05) is 0 Å². The van der Waals surface area contributed by atoms with Gasteiger partial charge in [-0.2, -0.15) is 13.2 Å². The largest absolute Gasteiger partial charge is 0.439 e. The van der Waals surface area contributed by atoms with Crippen LogP contribution in [0, 0.1) is 5.82 Å². The normalized spacial score (nSPS) is 11.4. The highest BCUT2D eigenvalue weighted by molar-refractivity contribution is 6.00. The monoisotopic (exact) mass is 441 g/mol. The molecule has 0 aliphatic rings. The number of carbonyl (C=O) groups is 1. The topological polar surface area (TPSA) is 64.1 Å². The van der Waals surface area contributed by atoms with Gasteiger partial charge in [-0.05, 0) is 35.9 Å². The molecule has 0 spiro atoms. The van der Waals surface area contributed by atoms with Crippen molar-refractivity contribution in [2.45, 2.75) is 12.7 Å². The number of para-hydroxylation sites is 1. The van der Waals surface area contributed by atoms with Gasteiger partial charge in [0.15, 0.2) is 0 Å². The summed E-state index contributed by atoms with van der Waals surface area (Å²) >= 11 is 0. The molecular formula is C23H15F4N3O2. The van der Waals surface area contributed by atoms with Crippen LogP contribution < -0.4 is 10.1 Å². The smallest absolute Gasteiger partial charge is 0.417 e. The molecule has 9 heteroatoms. The molecule has 4 rings (SSSR count). The Morgan fingerprint density at radius 1 is 0.938 bits per heavy atom. The van der Waals surface area contributed by atoms with Crippen molar-refractivity contribution in [3.63, 3.8) is 0 Å². The second-order valence-electron chi connectivity index (χ2n) is 6.81. The third kappa shape index (κ3) is 4.66. The molecule has 0 fully saturated rings. The average molecular weight is 441 g/mol. The van der Waals surface area contributed by atoms with E-state index in [1.165, 1.54) is 54.7 Å². The van der Waals surface area contributed by atoms with Crippen LogP contribution in [0.1, 0.15) is 21.5 Å². The first-order chi connectivity index (χ1) is 15.3. The van der Waals surface area contributed by atoms with E-state index in [0.29, 0.717) is 11.3 Å². The van der Waals surface area contributed by atoms with E-state index in [4.69, 9.17) is 4.74 Å². The second-order valence-corrected chi connectivity index (χ2v) is 6.81. The maximum Gasteiger partial charge on any atom is 0.417 e. The van der Waals surface area contributed by atoms with Gasteiger partial charge < -0.3 is 10.1 Å². The van der Waals surface area contributed by atoms with Gasteiger partial charge in [0.25, 0.3) is 5.91 Å². The summed E-state index contributed by atoms with van der Waals surface area (Å²) < 4.78 is 59.5. The van der Waals surface area contributed by atoms with Gasteiger partial charge in [-0.3, -0.25) is 9.78 Å². The van der Waals surface area contributed by atoms with Gasteiger partial charge in [0.05, 0.1) is 16.6 Å². The van der Waals surface area contributed by atoms with E-state index >= 15 is 0 Å². The van der Waals surface area contributed by atoms with Gasteiger partial charge in [-0.1, -0.05) is 24.3 Å². The molecule has 2 aromatic heterocycles. The van der Waals surface area contributed by atoms with E-state index in [2.05, 4.69) is 15.3 Å². The van der Waals surface area contributed by atoms with Crippen LogP contribution in [0.5, 0.6) is 11.6 Å². The maximum absolute atomic E-state index is 13.7. The summed E-state index contributed by atoms with van der Waals surface area (Å²) in [7, 11) is 0. The van der Waals surface area contributed by atoms with Crippen molar-refractivity contribution in [1.29, 1.82) is 0 Å². The summed E-state index contributed by atoms with van der Waals surface area (Å²) in [6.45, 7) is -0.0488. The van der Waals surface area contributed by atoms with Crippen molar-refractivity contribution >= 4 is 16.8 Å². The van der Waals surface area contributed by atoms with Crippen LogP contribution in [-0.4, -0.2) is 15.9 Å². The molecule has 0 unspecified atom stereocenters. The molecule has 5 nitrogen and oxygen atoms in total. The number of nitrogens with zero attached hydrogens (tertiary/aromatic N) is 2. The molecule has 162 valence electrons. The number of fused-ring (bicyclic) bond motifs is 1. The van der Waals surface area contributed by atoms with E-state index in [-0.39, 0.29) is 23.3 Å². The van der Waals surface area contributed by atoms with Crippen molar-refractivity contribution < 1.29 is 27.1 Å². The highest BCUT2D eigenvalue weighted by atomic mass is 19.4. The highest BCUT2D eigenvalue weighted by Crippen LogP contribution is 2.36. The Labute approximate surface area is 179 Å². The third-order valence-corrected chi connectivity index (χ3v) is 4.59. The Balaban J connectivity index is 1.48. The minimum absolute atomic E-state index is 0.0488. The molecule has 4 aromatic rings. The van der Waals surface area contributed by atoms with E-state index < -0.39 is 29.0 Å². The number of benzene rings is 2. The standard InChI is InChI=1S/C23H15F4N3O2/c24-15-6-8-16(9-7-15)32-20-10-5-14(11-29-20)12-30-22(31)18-13-28-19-4-2-1-3-17(19)21(18)23(25,26)27/h1-11,13H,12H2,(H,30,31). The zero-order valence-corrected chi connectivity index (χ0v) is 16.4. The number of amides is 1. The van der Waals surface area contributed by atoms with Gasteiger partial charge in [-0.15, -0.1) is 0 Å². The second kappa shape index (κ2) is 8.62. The third-order valence-electron chi connectivity index (χ3n) is 4.59. The number of nitrogens with one attached hydrogen (secondary N) is 1. The fourth-order valence-corrected chi connectivity index (χ4v) is 3.10. The fourth-order valence-electron chi connectivity index (χ4n) is 3.10. The number of pyridine rings is 2. The van der Waals surface area contributed by atoms with Crippen LogP contribution in [0.15, 0.2) is 73.1 Å². The van der Waals surface area contributed by atoms with Crippen LogP contribution in [0.2, 0.25) is 0 Å². The Morgan fingerprint density at radius 2 is 1.69 bits per heavy atom. The van der Waals surface area contributed by atoms with Crippen molar-refractivity contribution in [1.82, 2.24) is 15.3 Å². The van der Waals surface area contributed by atoms with E-state index in [9.17, 15) is 22.4 Å². The Kier molecular flexibility index (Phi) is 5.72. The molecule has 0 aliphatic carbocycles. The van der Waals surface area contributed by atoms with Crippen LogP contribution >= 0.6 is 0 Å². The number of hydrogen-bond donors (Lipinski definition) is 1. The van der Waals surface area contributed by atoms with Gasteiger partial charge >= 0.3 is 6.18 Å². The molecule has 2 aromatic carbocycles. The summed E-state index contributed by atoms with van der Waals surface area (Å²) in [6, 6.07) is 14.3. The SMILES string of the molecule is O=C(NCc1ccc(Oc2ccc(F)cc2)nc1)c1cnc2ccccc2c1C(F)(F)F. The molecule has 0 bridgehead atoms. The van der Waals surface area contributed by atoms with Crippen molar-refractivity contribution in [2.75, 3.05) is 0 Å². The number of halogens is 4. The number of carbonyl (C=O) groups excluding carboxylic acids is 1. The van der Waals surface area contributed by atoms with Crippen LogP contribution in [0.3, 0.4) is 0 Å². The average Bonchev–Trinajstić information content (AvgIpc) is 2.78. The van der Waals surface area contributed by atoms with Crippen LogP contribution in [0.4, 0.5) is 17.6 Å². The quantitative estimate of drug-likeness (QED) is 0.415. The summed E-state index contributed by atoms with van der Waals surface area (Å²) in [5, 5.41) is 2.32. The molecular weight excluding hydrogens is 426 g/mol. The van der Waals surface area contributed by atoms with E-state index in [1.54, 1.807) is 12.1 Å². The summed E-state index contributed by atoms with van der Waals surface area (Å²) in [6.07, 6.45) is -2.38. The minimum atomic E-state index is -4.73. The number of alkyl halides is 3. The Morgan fingerprint density at radius 3 is 2.38 bits per heavy atom. The number of ether oxygens (including phenoxy) is 1. The lowest BCUT2D eigenvalue weighted by molar-refractivity contribution is -0.136. The molecule has 2 heterocycles. The molecule has 0 saturated heterocycles. The molecule has 32 heavy (non-hydrogen) atoms. The Bertz CT molecular complexity index is 1260. The summed E-state index contributed by atoms with van der Waals surface area (Å²) in [5.41, 5.74) is -0.883. The molecule has 0 radical (unpaired) electrons. The van der Waals surface area contributed by atoms with Gasteiger partial charge in [0.2, 0.25) is 5.88 Å². The zero-order chi connectivity index (χ0) is 22.7. The number of hydrogen-bond acceptors (Lipinski definition) is 4. The maximum atomic E-state index is 13.7. The van der Waals surface area contributed by atoms with Crippen molar-refractivity contribution in [3.05, 3.63) is 95.6 Å². The lowest BCUT2D eigenvalue weighted by atomic mass is 10.0. The van der Waals surface area contributed by atoms with Crippen LogP contribution in [0.25, 0.3) is 10.9 Å². The lowest BCUT2D eigenvalue weighted by Gasteiger charge is -2.15. The van der Waals surface area contributed by atoms with Gasteiger partial charge in [0.1, 0.15) is 11.6 Å². The fraction of sp³-hybridized carbons (Fsp3) is 0.0870. The number of rotatable bonds is 5. The first kappa shape index (κ1) is 21.2. The summed E-state index contributed by atoms with van der Waals surface area (Å²) in [4.78, 5) is 20.6. The Hall–Kier alpha value is -4.01. The van der Waals surface area contributed by atoms with Crippen molar-refractivity contribution in [3.8, 4) is 11.6 Å². The van der Waals surface area contributed by atoms with Crippen LogP contribution in [-0.2, 0) is 12.7 Å². The zero-order valence-electron chi connectivity index (χ0n) is 16.4. The molecule has 0 atom stereocenters. The summed E-state index contributed by atoms with van der Waals surface area (Å²) in [5.74, 6) is -0.665. The number of aromatic nitrogens is 2. The molecule has 0 saturated carbocycles.